The maximum Gasteiger partial charge on any atom is 0.255 e. The number of Topliss-reactive ketones (excluding diaryl/α,β-unsaturated/α-hetero) is 3. The number of hydrogen-bond donors (Lipinski definition) is 5. The molecule has 3 atom stereocenters. The Morgan fingerprint density at radius 2 is 1.88 bits per heavy atom. The van der Waals surface area contributed by atoms with Crippen LogP contribution >= 0.6 is 0 Å². The summed E-state index contributed by atoms with van der Waals surface area (Å²) in [6, 6.07) is 2.72. The predicted octanol–water partition coefficient (Wildman–Crippen LogP) is 1.17. The zero-order valence-electron chi connectivity index (χ0n) is 17.9. The normalized spacial score (nSPS) is 26.5. The van der Waals surface area contributed by atoms with Crippen molar-refractivity contribution in [1.29, 1.82) is 0 Å². The summed E-state index contributed by atoms with van der Waals surface area (Å²) >= 11 is 0. The number of aromatic hydroxyl groups is 1. The van der Waals surface area contributed by atoms with Gasteiger partial charge in [0.1, 0.15) is 30.1 Å². The number of benzene rings is 1. The summed E-state index contributed by atoms with van der Waals surface area (Å²) in [5.74, 6) is -7.10. The lowest BCUT2D eigenvalue weighted by atomic mass is 9.59. The van der Waals surface area contributed by atoms with Crippen LogP contribution in [0.1, 0.15) is 41.3 Å². The van der Waals surface area contributed by atoms with Crippen molar-refractivity contribution in [1.82, 2.24) is 0 Å². The molecular formula is C23H23BNO8. The van der Waals surface area contributed by atoms with Crippen LogP contribution in [0.15, 0.2) is 29.0 Å². The molecule has 171 valence electrons. The Morgan fingerprint density at radius 1 is 1.18 bits per heavy atom. The predicted molar refractivity (Wildman–Crippen MR) is 117 cm³/mol. The molecule has 0 aliphatic heterocycles. The second-order valence-electron chi connectivity index (χ2n) is 8.72. The molecule has 1 fully saturated rings. The van der Waals surface area contributed by atoms with Crippen LogP contribution in [0.3, 0.4) is 0 Å². The van der Waals surface area contributed by atoms with Crippen molar-refractivity contribution >= 4 is 36.3 Å². The molecule has 0 saturated heterocycles. The highest BCUT2D eigenvalue weighted by Gasteiger charge is 2.60. The topological polar surface area (TPSA) is 175 Å². The number of carbonyl (C=O) groups is 4. The molecule has 0 bridgehead atoms. The minimum absolute atomic E-state index is 0.0211. The smallest absolute Gasteiger partial charge is 0.255 e. The number of aliphatic hydroxyl groups is 3. The second kappa shape index (κ2) is 7.88. The standard InChI is InChI=1S/C23H23BNO8/c1-2-24-8-15(28)11-3-4-13(26)17-12(11)6-9-5-10-7-14(27)18(22(25)32)21(31)23(10,33)20(30)16(9)19(17)29/h3-4,9-10,26,29,31,33H,2,5-8H2,1H3,(H2,25,32)/t9?,10-,23-/m0/s1. The van der Waals surface area contributed by atoms with Crippen molar-refractivity contribution in [2.45, 2.75) is 44.4 Å². The molecular weight excluding hydrogens is 429 g/mol. The molecule has 1 saturated carbocycles. The number of ketones is 3. The van der Waals surface area contributed by atoms with E-state index in [9.17, 15) is 39.6 Å². The minimum atomic E-state index is -2.60. The molecule has 1 aromatic carbocycles. The monoisotopic (exact) mass is 452 g/mol. The van der Waals surface area contributed by atoms with Gasteiger partial charge >= 0.3 is 0 Å². The first-order valence-corrected chi connectivity index (χ1v) is 10.7. The van der Waals surface area contributed by atoms with Crippen LogP contribution in [0.25, 0.3) is 5.76 Å². The molecule has 3 aliphatic carbocycles. The fraction of sp³-hybridized carbons (Fsp3) is 0.391. The van der Waals surface area contributed by atoms with Gasteiger partial charge in [0.05, 0.1) is 5.56 Å². The summed E-state index contributed by atoms with van der Waals surface area (Å²) in [4.78, 5) is 50.2. The number of rotatable bonds is 5. The first-order chi connectivity index (χ1) is 15.5. The van der Waals surface area contributed by atoms with Crippen molar-refractivity contribution in [2.75, 3.05) is 0 Å². The molecule has 6 N–H and O–H groups in total. The van der Waals surface area contributed by atoms with E-state index in [1.165, 1.54) is 12.1 Å². The van der Waals surface area contributed by atoms with Crippen molar-refractivity contribution in [3.63, 3.8) is 0 Å². The number of phenols is 1. The Kier molecular flexibility index (Phi) is 5.44. The number of primary amides is 1. The summed E-state index contributed by atoms with van der Waals surface area (Å²) in [5, 5.41) is 43.2. The third kappa shape index (κ3) is 3.20. The zero-order chi connectivity index (χ0) is 24.2. The van der Waals surface area contributed by atoms with Gasteiger partial charge < -0.3 is 26.2 Å². The van der Waals surface area contributed by atoms with E-state index >= 15 is 0 Å². The summed E-state index contributed by atoms with van der Waals surface area (Å²) in [7, 11) is 1.80. The maximum absolute atomic E-state index is 13.4. The average Bonchev–Trinajstić information content (AvgIpc) is 2.74. The van der Waals surface area contributed by atoms with E-state index in [1.54, 1.807) is 7.28 Å². The van der Waals surface area contributed by atoms with Gasteiger partial charge in [0.25, 0.3) is 5.91 Å². The van der Waals surface area contributed by atoms with Crippen molar-refractivity contribution < 1.29 is 39.6 Å². The van der Waals surface area contributed by atoms with Crippen LogP contribution in [0.4, 0.5) is 0 Å². The van der Waals surface area contributed by atoms with Gasteiger partial charge in [-0.05, 0) is 42.8 Å². The van der Waals surface area contributed by atoms with Crippen LogP contribution in [-0.2, 0) is 20.8 Å². The molecule has 0 spiro atoms. The largest absolute Gasteiger partial charge is 0.508 e. The number of amides is 1. The van der Waals surface area contributed by atoms with E-state index in [-0.39, 0.29) is 48.3 Å². The lowest BCUT2D eigenvalue weighted by molar-refractivity contribution is -0.147. The fourth-order valence-corrected chi connectivity index (χ4v) is 5.27. The van der Waals surface area contributed by atoms with E-state index in [0.717, 1.165) is 0 Å². The maximum atomic E-state index is 13.4. The van der Waals surface area contributed by atoms with Gasteiger partial charge in [-0.2, -0.15) is 0 Å². The summed E-state index contributed by atoms with van der Waals surface area (Å²) < 4.78 is 0. The summed E-state index contributed by atoms with van der Waals surface area (Å²) in [6.45, 7) is 1.90. The van der Waals surface area contributed by atoms with Gasteiger partial charge in [0, 0.05) is 23.5 Å². The van der Waals surface area contributed by atoms with Gasteiger partial charge in [0.15, 0.2) is 17.2 Å². The number of fused-ring (bicyclic) bond motifs is 3. The molecule has 4 rings (SSSR count). The summed E-state index contributed by atoms with van der Waals surface area (Å²) in [5.41, 5.74) is 2.11. The lowest BCUT2D eigenvalue weighted by Gasteiger charge is -2.46. The number of aliphatic hydroxyl groups excluding tert-OH is 2. The highest BCUT2D eigenvalue weighted by molar-refractivity contribution is 6.42. The molecule has 1 radical (unpaired) electrons. The molecule has 0 aromatic heterocycles. The molecule has 0 heterocycles. The van der Waals surface area contributed by atoms with Crippen LogP contribution in [-0.4, -0.2) is 56.6 Å². The lowest BCUT2D eigenvalue weighted by Crippen LogP contribution is -2.58. The van der Waals surface area contributed by atoms with E-state index < -0.39 is 52.0 Å². The Balaban J connectivity index is 1.88. The van der Waals surface area contributed by atoms with Crippen LogP contribution in [0.2, 0.25) is 12.6 Å². The number of carbonyl (C=O) groups excluding carboxylic acids is 4. The van der Waals surface area contributed by atoms with Crippen molar-refractivity contribution in [3.8, 4) is 5.75 Å². The third-order valence-corrected chi connectivity index (χ3v) is 6.87. The minimum Gasteiger partial charge on any atom is -0.508 e. The van der Waals surface area contributed by atoms with Gasteiger partial charge in [0.2, 0.25) is 5.78 Å². The van der Waals surface area contributed by atoms with Crippen LogP contribution in [0.5, 0.6) is 5.75 Å². The van der Waals surface area contributed by atoms with Gasteiger partial charge in [-0.15, -0.1) is 0 Å². The van der Waals surface area contributed by atoms with E-state index in [4.69, 9.17) is 5.73 Å². The first-order valence-electron chi connectivity index (χ1n) is 10.7. The van der Waals surface area contributed by atoms with Crippen molar-refractivity contribution in [2.24, 2.45) is 17.6 Å². The molecule has 3 aliphatic rings. The molecule has 1 amide bonds. The van der Waals surface area contributed by atoms with Gasteiger partial charge in [-0.25, -0.2) is 0 Å². The Labute approximate surface area is 189 Å². The zero-order valence-corrected chi connectivity index (χ0v) is 17.9. The molecule has 9 nitrogen and oxygen atoms in total. The molecule has 10 heteroatoms. The first kappa shape index (κ1) is 22.8. The SMILES string of the molecule is CC[B]CC(=O)c1ccc(O)c2c1CC1C[C@H]3CC(=O)C(C(N)=O)=C(O)[C@@]3(O)C(=O)C1=C2O. The molecule has 33 heavy (non-hydrogen) atoms. The van der Waals surface area contributed by atoms with E-state index in [2.05, 4.69) is 0 Å². The molecule has 1 aromatic rings. The Hall–Kier alpha value is -3.40. The highest BCUT2D eigenvalue weighted by Crippen LogP contribution is 2.52. The Morgan fingerprint density at radius 3 is 2.52 bits per heavy atom. The number of phenolic OH excluding ortho intramolecular Hbond substituents is 1. The van der Waals surface area contributed by atoms with Crippen LogP contribution < -0.4 is 5.73 Å². The van der Waals surface area contributed by atoms with Gasteiger partial charge in [-0.3, -0.25) is 19.2 Å². The third-order valence-electron chi connectivity index (χ3n) is 6.87. The van der Waals surface area contributed by atoms with E-state index in [0.29, 0.717) is 17.4 Å². The van der Waals surface area contributed by atoms with E-state index in [1.807, 2.05) is 6.92 Å². The Bertz CT molecular complexity index is 1180. The second-order valence-corrected chi connectivity index (χ2v) is 8.72. The number of nitrogens with two attached hydrogens (primary N) is 1. The molecule has 1 unspecified atom stereocenters. The van der Waals surface area contributed by atoms with Crippen molar-refractivity contribution in [3.05, 3.63) is 45.7 Å². The van der Waals surface area contributed by atoms with Crippen LogP contribution in [0, 0.1) is 11.8 Å². The fourth-order valence-electron chi connectivity index (χ4n) is 5.27. The highest BCUT2D eigenvalue weighted by atomic mass is 16.3. The average molecular weight is 452 g/mol. The number of hydrogen-bond acceptors (Lipinski definition) is 8. The van der Waals surface area contributed by atoms with Gasteiger partial charge in [-0.1, -0.05) is 13.2 Å². The quantitative estimate of drug-likeness (QED) is 0.251. The summed E-state index contributed by atoms with van der Waals surface area (Å²) in [6.07, 6.45) is 0.597.